The normalized spacial score (nSPS) is 26.8. The summed E-state index contributed by atoms with van der Waals surface area (Å²) in [6, 6.07) is 0.251. The zero-order valence-corrected chi connectivity index (χ0v) is 9.37. The van der Waals surface area contributed by atoms with E-state index in [-0.39, 0.29) is 19.3 Å². The van der Waals surface area contributed by atoms with Crippen LogP contribution in [0.5, 0.6) is 0 Å². The van der Waals surface area contributed by atoms with Crippen LogP contribution in [0.3, 0.4) is 0 Å². The van der Waals surface area contributed by atoms with Gasteiger partial charge in [-0.1, -0.05) is 19.8 Å². The molecule has 1 fully saturated rings. The fourth-order valence-corrected chi connectivity index (χ4v) is 1.98. The van der Waals surface area contributed by atoms with Crippen molar-refractivity contribution in [2.45, 2.75) is 45.1 Å². The van der Waals surface area contributed by atoms with Crippen LogP contribution in [0.4, 0.5) is 4.79 Å². The summed E-state index contributed by atoms with van der Waals surface area (Å²) >= 11 is 0. The van der Waals surface area contributed by atoms with Crippen LogP contribution in [-0.2, 0) is 4.74 Å². The number of nitrogens with one attached hydrogen (secondary N) is 1. The van der Waals surface area contributed by atoms with Crippen LogP contribution in [0.15, 0.2) is 0 Å². The molecule has 0 spiro atoms. The molecule has 0 radical (unpaired) electrons. The van der Waals surface area contributed by atoms with Crippen molar-refractivity contribution in [1.82, 2.24) is 5.32 Å². The van der Waals surface area contributed by atoms with Gasteiger partial charge in [-0.25, -0.2) is 4.79 Å². The molecule has 0 heterocycles. The van der Waals surface area contributed by atoms with Crippen molar-refractivity contribution < 1.29 is 14.6 Å². The number of rotatable bonds is 3. The lowest BCUT2D eigenvalue weighted by Gasteiger charge is -2.15. The van der Waals surface area contributed by atoms with Gasteiger partial charge in [0, 0.05) is 6.04 Å². The number of carbonyl (C=O) groups is 1. The number of ether oxygens (including phenoxy) is 1. The third-order valence-corrected chi connectivity index (χ3v) is 2.90. The lowest BCUT2D eigenvalue weighted by atomic mass is 10.0. The van der Waals surface area contributed by atoms with Crippen molar-refractivity contribution in [2.24, 2.45) is 5.92 Å². The second-order valence-corrected chi connectivity index (χ2v) is 4.31. The first-order valence-corrected chi connectivity index (χ1v) is 5.76. The summed E-state index contributed by atoms with van der Waals surface area (Å²) in [7, 11) is 0. The molecule has 1 rings (SSSR count). The molecule has 4 heteroatoms. The van der Waals surface area contributed by atoms with Gasteiger partial charge in [-0.05, 0) is 25.2 Å². The van der Waals surface area contributed by atoms with E-state index >= 15 is 0 Å². The van der Waals surface area contributed by atoms with Crippen molar-refractivity contribution in [3.05, 3.63) is 0 Å². The van der Waals surface area contributed by atoms with Gasteiger partial charge < -0.3 is 15.2 Å². The van der Waals surface area contributed by atoms with Crippen LogP contribution in [0.1, 0.15) is 39.0 Å². The fourth-order valence-electron chi connectivity index (χ4n) is 1.98. The number of hydrogen-bond donors (Lipinski definition) is 2. The third kappa shape index (κ3) is 5.02. The predicted octanol–water partition coefficient (Wildman–Crippen LogP) is 1.67. The molecule has 0 aliphatic heterocycles. The van der Waals surface area contributed by atoms with Crippen LogP contribution in [0.2, 0.25) is 0 Å². The number of aliphatic hydroxyl groups is 1. The predicted molar refractivity (Wildman–Crippen MR) is 57.6 cm³/mol. The second-order valence-electron chi connectivity index (χ2n) is 4.31. The SMILES string of the molecule is CC1CCCC(NC(=O)OCCO)CC1. The summed E-state index contributed by atoms with van der Waals surface area (Å²) in [4.78, 5) is 11.2. The highest BCUT2D eigenvalue weighted by Gasteiger charge is 2.18. The highest BCUT2D eigenvalue weighted by molar-refractivity contribution is 5.67. The summed E-state index contributed by atoms with van der Waals surface area (Å²) in [6.07, 6.45) is 5.28. The number of hydrogen-bond acceptors (Lipinski definition) is 3. The Bertz CT molecular complexity index is 196. The zero-order valence-electron chi connectivity index (χ0n) is 9.37. The first-order valence-electron chi connectivity index (χ1n) is 5.76. The molecule has 1 saturated carbocycles. The van der Waals surface area contributed by atoms with Crippen molar-refractivity contribution in [2.75, 3.05) is 13.2 Å². The van der Waals surface area contributed by atoms with E-state index in [4.69, 9.17) is 9.84 Å². The molecule has 2 atom stereocenters. The molecule has 4 nitrogen and oxygen atoms in total. The van der Waals surface area contributed by atoms with Crippen LogP contribution < -0.4 is 5.32 Å². The van der Waals surface area contributed by atoms with Gasteiger partial charge in [-0.2, -0.15) is 0 Å². The lowest BCUT2D eigenvalue weighted by Crippen LogP contribution is -2.35. The highest BCUT2D eigenvalue weighted by atomic mass is 16.6. The highest BCUT2D eigenvalue weighted by Crippen LogP contribution is 2.22. The Morgan fingerprint density at radius 2 is 2.20 bits per heavy atom. The summed E-state index contributed by atoms with van der Waals surface area (Å²) in [5.74, 6) is 0.769. The Labute approximate surface area is 91.0 Å². The Kier molecular flexibility index (Phi) is 5.47. The minimum atomic E-state index is -0.399. The smallest absolute Gasteiger partial charge is 0.407 e. The van der Waals surface area contributed by atoms with Crippen molar-refractivity contribution >= 4 is 6.09 Å². The first kappa shape index (κ1) is 12.3. The molecule has 2 N–H and O–H groups in total. The summed E-state index contributed by atoms with van der Waals surface area (Å²) < 4.78 is 4.76. The summed E-state index contributed by atoms with van der Waals surface area (Å²) in [6.45, 7) is 2.22. The van der Waals surface area contributed by atoms with E-state index in [9.17, 15) is 4.79 Å². The van der Waals surface area contributed by atoms with E-state index in [0.717, 1.165) is 18.8 Å². The summed E-state index contributed by atoms with van der Waals surface area (Å²) in [5, 5.41) is 11.3. The van der Waals surface area contributed by atoms with E-state index < -0.39 is 6.09 Å². The molecule has 1 amide bonds. The second kappa shape index (κ2) is 6.67. The third-order valence-electron chi connectivity index (χ3n) is 2.90. The molecular weight excluding hydrogens is 194 g/mol. The van der Waals surface area contributed by atoms with Gasteiger partial charge in [0.1, 0.15) is 6.61 Å². The van der Waals surface area contributed by atoms with E-state index in [1.54, 1.807) is 0 Å². The Morgan fingerprint density at radius 3 is 2.93 bits per heavy atom. The molecule has 0 aromatic carbocycles. The van der Waals surface area contributed by atoms with Crippen LogP contribution in [-0.4, -0.2) is 30.5 Å². The fraction of sp³-hybridized carbons (Fsp3) is 0.909. The van der Waals surface area contributed by atoms with Crippen LogP contribution in [0.25, 0.3) is 0 Å². The Balaban J connectivity index is 2.22. The minimum absolute atomic E-state index is 0.0783. The van der Waals surface area contributed by atoms with Gasteiger partial charge in [-0.3, -0.25) is 0 Å². The number of alkyl carbamates (subject to hydrolysis) is 1. The lowest BCUT2D eigenvalue weighted by molar-refractivity contribution is 0.115. The molecule has 2 unspecified atom stereocenters. The zero-order chi connectivity index (χ0) is 11.1. The maximum absolute atomic E-state index is 11.2. The maximum Gasteiger partial charge on any atom is 0.407 e. The van der Waals surface area contributed by atoms with E-state index in [1.807, 2.05) is 0 Å². The van der Waals surface area contributed by atoms with Crippen molar-refractivity contribution in [3.63, 3.8) is 0 Å². The molecule has 88 valence electrons. The quantitative estimate of drug-likeness (QED) is 0.704. The van der Waals surface area contributed by atoms with E-state index in [1.165, 1.54) is 19.3 Å². The van der Waals surface area contributed by atoms with Gasteiger partial charge in [0.15, 0.2) is 0 Å². The number of amides is 1. The van der Waals surface area contributed by atoms with Crippen LogP contribution in [0, 0.1) is 5.92 Å². The molecule has 1 aliphatic carbocycles. The van der Waals surface area contributed by atoms with Crippen molar-refractivity contribution in [3.8, 4) is 0 Å². The average molecular weight is 215 g/mol. The van der Waals surface area contributed by atoms with E-state index in [2.05, 4.69) is 12.2 Å². The first-order chi connectivity index (χ1) is 7.22. The maximum atomic E-state index is 11.2. The molecule has 1 aliphatic rings. The van der Waals surface area contributed by atoms with Gasteiger partial charge >= 0.3 is 6.09 Å². The number of carbonyl (C=O) groups excluding carboxylic acids is 1. The number of aliphatic hydroxyl groups excluding tert-OH is 1. The molecule has 0 aromatic heterocycles. The van der Waals surface area contributed by atoms with Gasteiger partial charge in [0.05, 0.1) is 6.61 Å². The topological polar surface area (TPSA) is 58.6 Å². The largest absolute Gasteiger partial charge is 0.447 e. The van der Waals surface area contributed by atoms with E-state index in [0.29, 0.717) is 0 Å². The van der Waals surface area contributed by atoms with Crippen LogP contribution >= 0.6 is 0 Å². The molecular formula is C11H21NO3. The van der Waals surface area contributed by atoms with Crippen molar-refractivity contribution in [1.29, 1.82) is 0 Å². The monoisotopic (exact) mass is 215 g/mol. The standard InChI is InChI=1S/C11H21NO3/c1-9-3-2-4-10(6-5-9)12-11(14)15-8-7-13/h9-10,13H,2-8H2,1H3,(H,12,14). The van der Waals surface area contributed by atoms with Gasteiger partial charge in [-0.15, -0.1) is 0 Å². The minimum Gasteiger partial charge on any atom is -0.447 e. The average Bonchev–Trinajstić information content (AvgIpc) is 2.41. The summed E-state index contributed by atoms with van der Waals surface area (Å²) in [5.41, 5.74) is 0. The van der Waals surface area contributed by atoms with Gasteiger partial charge in [0.2, 0.25) is 0 Å². The van der Waals surface area contributed by atoms with Gasteiger partial charge in [0.25, 0.3) is 0 Å². The molecule has 0 bridgehead atoms. The Morgan fingerprint density at radius 1 is 1.40 bits per heavy atom. The Hall–Kier alpha value is -0.770. The molecule has 0 aromatic rings. The molecule has 15 heavy (non-hydrogen) atoms. The molecule has 0 saturated heterocycles.